The van der Waals surface area contributed by atoms with Gasteiger partial charge < -0.3 is 9.47 Å². The van der Waals surface area contributed by atoms with E-state index in [2.05, 4.69) is 13.8 Å². The first-order valence-corrected chi connectivity index (χ1v) is 11.0. The number of carbonyl (C=O) groups is 3. The van der Waals surface area contributed by atoms with Crippen molar-refractivity contribution in [2.24, 2.45) is 34.5 Å². The van der Waals surface area contributed by atoms with Gasteiger partial charge in [0.05, 0.1) is 6.10 Å². The molecule has 0 aromatic carbocycles. The van der Waals surface area contributed by atoms with Crippen molar-refractivity contribution in [3.05, 3.63) is 0 Å². The molecule has 28 heavy (non-hydrogen) atoms. The highest BCUT2D eigenvalue weighted by Gasteiger charge is 2.80. The van der Waals surface area contributed by atoms with Crippen molar-refractivity contribution < 1.29 is 23.9 Å². The summed E-state index contributed by atoms with van der Waals surface area (Å²) in [5.41, 5.74) is -1.03. The number of hydrogen-bond donors (Lipinski definition) is 0. The molecule has 154 valence electrons. The zero-order valence-electron chi connectivity index (χ0n) is 17.5. The second-order valence-corrected chi connectivity index (χ2v) is 10.7. The molecular weight excluding hydrogens is 356 g/mol. The number of fused-ring (bicyclic) bond motifs is 7. The van der Waals surface area contributed by atoms with E-state index in [9.17, 15) is 14.4 Å². The van der Waals surface area contributed by atoms with Crippen LogP contribution >= 0.6 is 0 Å². The molecule has 0 aromatic rings. The van der Waals surface area contributed by atoms with Crippen LogP contribution in [0.3, 0.4) is 0 Å². The molecule has 0 radical (unpaired) electrons. The number of Topliss-reactive ketones (excluding diaryl/α,β-unsaturated/α-hetero) is 2. The summed E-state index contributed by atoms with van der Waals surface area (Å²) in [4.78, 5) is 37.4. The number of rotatable bonds is 2. The van der Waals surface area contributed by atoms with Crippen LogP contribution in [0.1, 0.15) is 72.6 Å². The van der Waals surface area contributed by atoms with Gasteiger partial charge in [0.15, 0.2) is 11.4 Å². The minimum Gasteiger partial charge on any atom is -0.463 e. The quantitative estimate of drug-likeness (QED) is 0.535. The van der Waals surface area contributed by atoms with Crippen molar-refractivity contribution in [2.45, 2.75) is 90.4 Å². The minimum absolute atomic E-state index is 0.00425. The van der Waals surface area contributed by atoms with E-state index in [1.54, 1.807) is 6.92 Å². The van der Waals surface area contributed by atoms with Crippen molar-refractivity contribution in [1.82, 2.24) is 0 Å². The maximum Gasteiger partial charge on any atom is 0.302 e. The van der Waals surface area contributed by atoms with Crippen LogP contribution in [0.25, 0.3) is 0 Å². The lowest BCUT2D eigenvalue weighted by Gasteiger charge is -2.60. The van der Waals surface area contributed by atoms with Gasteiger partial charge in [-0.2, -0.15) is 0 Å². The molecule has 5 aliphatic rings. The Morgan fingerprint density at radius 3 is 2.54 bits per heavy atom. The second-order valence-electron chi connectivity index (χ2n) is 10.7. The molecule has 5 heteroatoms. The molecule has 1 aliphatic heterocycles. The van der Waals surface area contributed by atoms with Crippen LogP contribution in [0.2, 0.25) is 0 Å². The largest absolute Gasteiger partial charge is 0.463 e. The van der Waals surface area contributed by atoms with E-state index < -0.39 is 5.60 Å². The topological polar surface area (TPSA) is 73.0 Å². The molecule has 0 aromatic heterocycles. The monoisotopic (exact) mass is 388 g/mol. The van der Waals surface area contributed by atoms with E-state index >= 15 is 0 Å². The van der Waals surface area contributed by atoms with Gasteiger partial charge in [0, 0.05) is 24.7 Å². The number of carbonyl (C=O) groups excluding carboxylic acids is 3. The lowest BCUT2D eigenvalue weighted by molar-refractivity contribution is -0.174. The summed E-state index contributed by atoms with van der Waals surface area (Å²) in [7, 11) is 0. The van der Waals surface area contributed by atoms with E-state index in [0.717, 1.165) is 38.5 Å². The zero-order chi connectivity index (χ0) is 20.1. The number of ketones is 2. The molecule has 0 spiro atoms. The molecule has 5 rings (SSSR count). The molecular formula is C23H32O5. The molecule has 1 heterocycles. The van der Waals surface area contributed by atoms with E-state index in [0.29, 0.717) is 30.0 Å². The first-order valence-electron chi connectivity index (χ1n) is 11.0. The van der Waals surface area contributed by atoms with Gasteiger partial charge in [-0.1, -0.05) is 13.8 Å². The Balaban J connectivity index is 1.44. The Morgan fingerprint density at radius 1 is 1.11 bits per heavy atom. The van der Waals surface area contributed by atoms with Crippen molar-refractivity contribution in [3.63, 3.8) is 0 Å². The SMILES string of the molecule is CC(=O)O[C@@H]1CC[C@@]2(C)[C@H](CC[C@@H]3[C@@H]2C(=O)C[C@@]2(C)[C@H]3C[C@H]3O[C@]32C(C)=O)C1. The summed E-state index contributed by atoms with van der Waals surface area (Å²) in [5.74, 6) is 1.55. The Kier molecular flexibility index (Phi) is 3.81. The predicted molar refractivity (Wildman–Crippen MR) is 101 cm³/mol. The summed E-state index contributed by atoms with van der Waals surface area (Å²) < 4.78 is 11.4. The Morgan fingerprint density at radius 2 is 1.86 bits per heavy atom. The van der Waals surface area contributed by atoms with Gasteiger partial charge >= 0.3 is 5.97 Å². The fourth-order valence-electron chi connectivity index (χ4n) is 8.44. The lowest BCUT2D eigenvalue weighted by Crippen LogP contribution is -2.60. The van der Waals surface area contributed by atoms with E-state index in [1.807, 2.05) is 0 Å². The summed E-state index contributed by atoms with van der Waals surface area (Å²) >= 11 is 0. The highest BCUT2D eigenvalue weighted by molar-refractivity contribution is 5.93. The van der Waals surface area contributed by atoms with E-state index in [1.165, 1.54) is 6.92 Å². The van der Waals surface area contributed by atoms with Crippen molar-refractivity contribution in [2.75, 3.05) is 0 Å². The number of hydrogen-bond acceptors (Lipinski definition) is 5. The fourth-order valence-corrected chi connectivity index (χ4v) is 8.44. The first kappa shape index (κ1) is 18.8. The fraction of sp³-hybridized carbons (Fsp3) is 0.870. The first-order chi connectivity index (χ1) is 13.1. The van der Waals surface area contributed by atoms with Gasteiger partial charge in [-0.3, -0.25) is 14.4 Å². The summed E-state index contributed by atoms with van der Waals surface area (Å²) in [6.07, 6.45) is 6.26. The predicted octanol–water partition coefficient (Wildman–Crippen LogP) is 3.48. The van der Waals surface area contributed by atoms with E-state index in [-0.39, 0.29) is 40.7 Å². The molecule has 5 nitrogen and oxygen atoms in total. The normalized spacial score (nSPS) is 54.1. The van der Waals surface area contributed by atoms with Crippen LogP contribution in [0.5, 0.6) is 0 Å². The zero-order valence-corrected chi connectivity index (χ0v) is 17.5. The van der Waals surface area contributed by atoms with Crippen molar-refractivity contribution >= 4 is 17.5 Å². The van der Waals surface area contributed by atoms with Crippen molar-refractivity contribution in [3.8, 4) is 0 Å². The molecule has 4 saturated carbocycles. The minimum atomic E-state index is -0.691. The van der Waals surface area contributed by atoms with Gasteiger partial charge in [0.1, 0.15) is 11.9 Å². The average molecular weight is 389 g/mol. The Hall–Kier alpha value is -1.23. The molecule has 0 unspecified atom stereocenters. The average Bonchev–Trinajstić information content (AvgIpc) is 3.28. The van der Waals surface area contributed by atoms with Crippen LogP contribution in [0, 0.1) is 34.5 Å². The maximum absolute atomic E-state index is 13.6. The van der Waals surface area contributed by atoms with Gasteiger partial charge in [0.2, 0.25) is 0 Å². The van der Waals surface area contributed by atoms with Gasteiger partial charge in [-0.25, -0.2) is 0 Å². The van der Waals surface area contributed by atoms with Crippen LogP contribution in [-0.2, 0) is 23.9 Å². The van der Waals surface area contributed by atoms with Crippen LogP contribution in [0.15, 0.2) is 0 Å². The third kappa shape index (κ3) is 2.15. The third-order valence-corrected chi connectivity index (χ3v) is 9.59. The van der Waals surface area contributed by atoms with Gasteiger partial charge in [-0.05, 0) is 68.6 Å². The summed E-state index contributed by atoms with van der Waals surface area (Å²) in [5, 5.41) is 0. The van der Waals surface area contributed by atoms with Crippen LogP contribution < -0.4 is 0 Å². The Bertz CT molecular complexity index is 760. The smallest absolute Gasteiger partial charge is 0.302 e. The number of esters is 1. The maximum atomic E-state index is 13.6. The molecule has 4 aliphatic carbocycles. The highest BCUT2D eigenvalue weighted by Crippen LogP contribution is 2.73. The molecule has 0 bridgehead atoms. The van der Waals surface area contributed by atoms with Crippen LogP contribution in [-0.4, -0.2) is 35.3 Å². The van der Waals surface area contributed by atoms with E-state index in [4.69, 9.17) is 9.47 Å². The van der Waals surface area contributed by atoms with Crippen LogP contribution in [0.4, 0.5) is 0 Å². The number of ether oxygens (including phenoxy) is 2. The molecule has 0 amide bonds. The number of epoxide rings is 1. The van der Waals surface area contributed by atoms with Gasteiger partial charge in [-0.15, -0.1) is 0 Å². The summed E-state index contributed by atoms with van der Waals surface area (Å²) in [6.45, 7) is 7.57. The second kappa shape index (κ2) is 5.68. The Labute approximate surface area is 166 Å². The molecule has 5 fully saturated rings. The molecule has 1 saturated heterocycles. The molecule has 0 N–H and O–H groups in total. The highest BCUT2D eigenvalue weighted by atomic mass is 16.6. The standard InChI is InChI=1S/C23H32O5/c1-12(24)23-19(28-23)10-17-16-6-5-14-9-15(27-13(2)25)7-8-21(14,3)20(16)18(26)11-22(17,23)4/h14-17,19-20H,5-11H2,1-4H3/t14-,15-,16+,17+,19-,20-,21+,22+,23-/m1/s1. The third-order valence-electron chi connectivity index (χ3n) is 9.59. The van der Waals surface area contributed by atoms with Crippen molar-refractivity contribution in [1.29, 1.82) is 0 Å². The van der Waals surface area contributed by atoms with Gasteiger partial charge in [0.25, 0.3) is 0 Å². The summed E-state index contributed by atoms with van der Waals surface area (Å²) in [6, 6.07) is 0. The molecule has 9 atom stereocenters. The lowest BCUT2D eigenvalue weighted by atomic mass is 9.44.